The molecule has 102 valence electrons. The maximum absolute atomic E-state index is 11.4. The second kappa shape index (κ2) is 9.45. The lowest BCUT2D eigenvalue weighted by Crippen LogP contribution is -2.18. The van der Waals surface area contributed by atoms with E-state index in [0.717, 1.165) is 12.8 Å². The number of carbonyl (C=O) groups excluding carboxylic acids is 2. The van der Waals surface area contributed by atoms with E-state index in [1.807, 2.05) is 0 Å². The fourth-order valence-corrected chi connectivity index (χ4v) is 1.46. The first-order valence-corrected chi connectivity index (χ1v) is 6.37. The molecule has 0 atom stereocenters. The number of hydrogen-bond donors (Lipinski definition) is 1. The fraction of sp³-hybridized carbons (Fsp3) is 0.571. The molecule has 2 N–H and O–H groups in total. The fourth-order valence-electron chi connectivity index (χ4n) is 1.46. The SMILES string of the molecule is C=C(CCCCCCCC)C(=O)OC(=C)C(N)=O. The van der Waals surface area contributed by atoms with Gasteiger partial charge in [0.1, 0.15) is 0 Å². The first-order valence-electron chi connectivity index (χ1n) is 6.37. The molecule has 0 saturated carbocycles. The quantitative estimate of drug-likeness (QED) is 0.282. The van der Waals surface area contributed by atoms with E-state index in [2.05, 4.69) is 24.8 Å². The molecular formula is C14H23NO3. The van der Waals surface area contributed by atoms with Crippen molar-refractivity contribution in [2.24, 2.45) is 5.73 Å². The van der Waals surface area contributed by atoms with Gasteiger partial charge in [0.2, 0.25) is 0 Å². The minimum atomic E-state index is -0.837. The molecule has 0 heterocycles. The van der Waals surface area contributed by atoms with Crippen molar-refractivity contribution in [3.8, 4) is 0 Å². The van der Waals surface area contributed by atoms with Gasteiger partial charge in [0.05, 0.1) is 0 Å². The van der Waals surface area contributed by atoms with Crippen LogP contribution in [-0.2, 0) is 14.3 Å². The monoisotopic (exact) mass is 253 g/mol. The van der Waals surface area contributed by atoms with Crippen LogP contribution in [0.25, 0.3) is 0 Å². The van der Waals surface area contributed by atoms with Gasteiger partial charge in [-0.15, -0.1) is 0 Å². The Kier molecular flexibility index (Phi) is 8.62. The number of unbranched alkanes of at least 4 members (excludes halogenated alkanes) is 5. The number of primary amides is 1. The molecule has 0 fully saturated rings. The zero-order chi connectivity index (χ0) is 14.0. The molecule has 0 rings (SSSR count). The van der Waals surface area contributed by atoms with Crippen LogP contribution < -0.4 is 5.73 Å². The lowest BCUT2D eigenvalue weighted by molar-refractivity contribution is -0.138. The number of rotatable bonds is 10. The average Bonchev–Trinajstić information content (AvgIpc) is 2.32. The Morgan fingerprint density at radius 3 is 2.17 bits per heavy atom. The number of hydrogen-bond acceptors (Lipinski definition) is 3. The molecule has 1 amide bonds. The van der Waals surface area contributed by atoms with E-state index in [9.17, 15) is 9.59 Å². The zero-order valence-corrected chi connectivity index (χ0v) is 11.2. The predicted octanol–water partition coefficient (Wildman–Crippen LogP) is 2.84. The number of esters is 1. The second-order valence-corrected chi connectivity index (χ2v) is 4.30. The van der Waals surface area contributed by atoms with Crippen molar-refractivity contribution in [1.82, 2.24) is 0 Å². The third kappa shape index (κ3) is 7.65. The standard InChI is InChI=1S/C14H23NO3/c1-4-5-6-7-8-9-10-11(2)14(17)18-12(3)13(15)16/h2-10H2,1H3,(H2,15,16). The molecule has 4 nitrogen and oxygen atoms in total. The van der Waals surface area contributed by atoms with Crippen molar-refractivity contribution >= 4 is 11.9 Å². The average molecular weight is 253 g/mol. The van der Waals surface area contributed by atoms with Gasteiger partial charge in [0.15, 0.2) is 5.76 Å². The van der Waals surface area contributed by atoms with Crippen molar-refractivity contribution in [1.29, 1.82) is 0 Å². The molecule has 0 spiro atoms. The first-order chi connectivity index (χ1) is 8.49. The third-order valence-corrected chi connectivity index (χ3v) is 2.61. The van der Waals surface area contributed by atoms with E-state index in [-0.39, 0.29) is 5.76 Å². The van der Waals surface area contributed by atoms with Crippen molar-refractivity contribution in [3.63, 3.8) is 0 Å². The van der Waals surface area contributed by atoms with Crippen LogP contribution in [0.5, 0.6) is 0 Å². The minimum Gasteiger partial charge on any atom is -0.418 e. The highest BCUT2D eigenvalue weighted by Crippen LogP contribution is 2.12. The number of amides is 1. The zero-order valence-electron chi connectivity index (χ0n) is 11.2. The second-order valence-electron chi connectivity index (χ2n) is 4.30. The third-order valence-electron chi connectivity index (χ3n) is 2.61. The molecule has 0 unspecified atom stereocenters. The summed E-state index contributed by atoms with van der Waals surface area (Å²) in [5, 5.41) is 0. The molecule has 0 saturated heterocycles. The van der Waals surface area contributed by atoms with Crippen molar-refractivity contribution < 1.29 is 14.3 Å². The largest absolute Gasteiger partial charge is 0.418 e. The molecule has 0 radical (unpaired) electrons. The van der Waals surface area contributed by atoms with Crippen LogP contribution in [0.4, 0.5) is 0 Å². The molecule has 0 aliphatic rings. The number of ether oxygens (including phenoxy) is 1. The van der Waals surface area contributed by atoms with E-state index in [1.165, 1.54) is 25.7 Å². The van der Waals surface area contributed by atoms with Gasteiger partial charge >= 0.3 is 5.97 Å². The highest BCUT2D eigenvalue weighted by atomic mass is 16.5. The Morgan fingerprint density at radius 1 is 1.06 bits per heavy atom. The number of carbonyl (C=O) groups is 2. The van der Waals surface area contributed by atoms with Gasteiger partial charge in [-0.25, -0.2) is 4.79 Å². The van der Waals surface area contributed by atoms with E-state index >= 15 is 0 Å². The van der Waals surface area contributed by atoms with Crippen molar-refractivity contribution in [2.45, 2.75) is 51.9 Å². The van der Waals surface area contributed by atoms with E-state index < -0.39 is 11.9 Å². The van der Waals surface area contributed by atoms with Crippen LogP contribution in [0.15, 0.2) is 24.5 Å². The van der Waals surface area contributed by atoms with Crippen LogP contribution in [0.2, 0.25) is 0 Å². The van der Waals surface area contributed by atoms with Gasteiger partial charge in [-0.2, -0.15) is 0 Å². The highest BCUT2D eigenvalue weighted by Gasteiger charge is 2.12. The molecule has 0 aromatic carbocycles. The first kappa shape index (κ1) is 16.4. The Hall–Kier alpha value is -1.58. The Balaban J connectivity index is 3.72. The summed E-state index contributed by atoms with van der Waals surface area (Å²) in [7, 11) is 0. The molecule has 0 bridgehead atoms. The van der Waals surface area contributed by atoms with Crippen LogP contribution in [-0.4, -0.2) is 11.9 Å². The summed E-state index contributed by atoms with van der Waals surface area (Å²) in [6, 6.07) is 0. The minimum absolute atomic E-state index is 0.343. The van der Waals surface area contributed by atoms with E-state index in [1.54, 1.807) is 0 Å². The number of nitrogens with two attached hydrogens (primary N) is 1. The van der Waals surface area contributed by atoms with Crippen molar-refractivity contribution in [3.05, 3.63) is 24.5 Å². The summed E-state index contributed by atoms with van der Waals surface area (Å²) in [4.78, 5) is 22.1. The smallest absolute Gasteiger partial charge is 0.338 e. The molecule has 0 aromatic rings. The molecule has 0 aromatic heterocycles. The normalized spacial score (nSPS) is 9.83. The molecular weight excluding hydrogens is 230 g/mol. The highest BCUT2D eigenvalue weighted by molar-refractivity contribution is 5.95. The van der Waals surface area contributed by atoms with Gasteiger partial charge in [-0.1, -0.05) is 52.2 Å². The van der Waals surface area contributed by atoms with Gasteiger partial charge < -0.3 is 10.5 Å². The van der Waals surface area contributed by atoms with Crippen LogP contribution in [0, 0.1) is 0 Å². The van der Waals surface area contributed by atoms with Gasteiger partial charge in [-0.3, -0.25) is 4.79 Å². The van der Waals surface area contributed by atoms with Gasteiger partial charge in [-0.05, 0) is 12.8 Å². The molecule has 4 heteroatoms. The van der Waals surface area contributed by atoms with Crippen LogP contribution in [0.1, 0.15) is 51.9 Å². The maximum atomic E-state index is 11.4. The summed E-state index contributed by atoms with van der Waals surface area (Å²) in [6.45, 7) is 9.05. The van der Waals surface area contributed by atoms with Gasteiger partial charge in [0.25, 0.3) is 5.91 Å². The molecule has 18 heavy (non-hydrogen) atoms. The maximum Gasteiger partial charge on any atom is 0.338 e. The van der Waals surface area contributed by atoms with E-state index in [4.69, 9.17) is 5.73 Å². The van der Waals surface area contributed by atoms with Crippen LogP contribution in [0.3, 0.4) is 0 Å². The molecule has 0 aliphatic carbocycles. The lowest BCUT2D eigenvalue weighted by Gasteiger charge is -2.06. The predicted molar refractivity (Wildman–Crippen MR) is 71.6 cm³/mol. The van der Waals surface area contributed by atoms with Gasteiger partial charge in [0, 0.05) is 5.57 Å². The summed E-state index contributed by atoms with van der Waals surface area (Å²) in [5.74, 6) is -1.80. The van der Waals surface area contributed by atoms with E-state index in [0.29, 0.717) is 12.0 Å². The Bertz CT molecular complexity index is 321. The summed E-state index contributed by atoms with van der Waals surface area (Å²) in [5.41, 5.74) is 5.26. The Labute approximate surface area is 109 Å². The lowest BCUT2D eigenvalue weighted by atomic mass is 10.1. The summed E-state index contributed by atoms with van der Waals surface area (Å²) in [6.07, 6.45) is 7.42. The van der Waals surface area contributed by atoms with Crippen molar-refractivity contribution in [2.75, 3.05) is 0 Å². The molecule has 0 aliphatic heterocycles. The Morgan fingerprint density at radius 2 is 1.61 bits per heavy atom. The summed E-state index contributed by atoms with van der Waals surface area (Å²) < 4.78 is 4.66. The topological polar surface area (TPSA) is 69.4 Å². The van der Waals surface area contributed by atoms with Crippen LogP contribution >= 0.6 is 0 Å². The summed E-state index contributed by atoms with van der Waals surface area (Å²) >= 11 is 0.